The number of esters is 1. The quantitative estimate of drug-likeness (QED) is 0.596. The van der Waals surface area contributed by atoms with Gasteiger partial charge in [-0.1, -0.05) is 41.4 Å². The molecule has 0 saturated carbocycles. The number of carbonyl (C=O) groups is 1. The van der Waals surface area contributed by atoms with Crippen molar-refractivity contribution in [3.05, 3.63) is 80.4 Å². The van der Waals surface area contributed by atoms with Gasteiger partial charge in [0, 0.05) is 26.9 Å². The highest BCUT2D eigenvalue weighted by Crippen LogP contribution is 2.25. The summed E-state index contributed by atoms with van der Waals surface area (Å²) in [6.07, 6.45) is 1.28. The van der Waals surface area contributed by atoms with Crippen LogP contribution >= 0.6 is 23.2 Å². The smallest absolute Gasteiger partial charge is 0.333 e. The van der Waals surface area contributed by atoms with Gasteiger partial charge in [0.1, 0.15) is 5.60 Å². The van der Waals surface area contributed by atoms with E-state index in [1.54, 1.807) is 51.1 Å². The second kappa shape index (κ2) is 7.95. The molecule has 0 bridgehead atoms. The third-order valence-electron chi connectivity index (χ3n) is 3.87. The van der Waals surface area contributed by atoms with E-state index < -0.39 is 11.6 Å². The summed E-state index contributed by atoms with van der Waals surface area (Å²) >= 11 is 12.6. The van der Waals surface area contributed by atoms with Crippen molar-refractivity contribution >= 4 is 34.9 Å². The standard InChI is InChI=1S/C21H20Cl2N2O3/c1-21(2,3)28-19(26)11-14-12-25(27)20(15-6-4-5-7-17(15)23)16-10-13(22)8-9-18(16)24-14/h4-11,27H,12H2,1-3H3/b14-11-. The minimum Gasteiger partial charge on any atom is -0.457 e. The maximum absolute atomic E-state index is 12.2. The van der Waals surface area contributed by atoms with Crippen LogP contribution in [0.3, 0.4) is 0 Å². The summed E-state index contributed by atoms with van der Waals surface area (Å²) in [4.78, 5) is 16.8. The van der Waals surface area contributed by atoms with Crippen LogP contribution in [0.4, 0.5) is 0 Å². The zero-order valence-corrected chi connectivity index (χ0v) is 17.3. The second-order valence-electron chi connectivity index (χ2n) is 7.33. The van der Waals surface area contributed by atoms with Gasteiger partial charge in [0.2, 0.25) is 0 Å². The molecule has 1 aliphatic rings. The van der Waals surface area contributed by atoms with Gasteiger partial charge in [-0.05, 0) is 45.0 Å². The number of ether oxygens (including phenoxy) is 1. The Morgan fingerprint density at radius 1 is 1.21 bits per heavy atom. The van der Waals surface area contributed by atoms with E-state index in [4.69, 9.17) is 27.9 Å². The van der Waals surface area contributed by atoms with Gasteiger partial charge in [0.25, 0.3) is 0 Å². The number of halogens is 2. The van der Waals surface area contributed by atoms with Crippen LogP contribution in [-0.2, 0) is 9.53 Å². The van der Waals surface area contributed by atoms with Crippen molar-refractivity contribution < 1.29 is 14.7 Å². The van der Waals surface area contributed by atoms with E-state index in [0.717, 1.165) is 5.06 Å². The first-order valence-corrected chi connectivity index (χ1v) is 9.43. The van der Waals surface area contributed by atoms with Gasteiger partial charge in [-0.2, -0.15) is 0 Å². The maximum atomic E-state index is 12.2. The molecule has 0 radical (unpaired) electrons. The molecule has 0 aromatic heterocycles. The number of carbonyl (C=O) groups excluding carboxylic acids is 1. The lowest BCUT2D eigenvalue weighted by Gasteiger charge is -2.21. The summed E-state index contributed by atoms with van der Waals surface area (Å²) in [5, 5.41) is 14.0. The molecule has 0 unspecified atom stereocenters. The Hall–Kier alpha value is -2.34. The Kier molecular flexibility index (Phi) is 5.79. The third kappa shape index (κ3) is 4.73. The van der Waals surface area contributed by atoms with Crippen LogP contribution in [-0.4, -0.2) is 28.4 Å². The molecule has 146 valence electrons. The number of hydroxylamine groups is 2. The monoisotopic (exact) mass is 418 g/mol. The van der Waals surface area contributed by atoms with Crippen LogP contribution in [0.1, 0.15) is 26.3 Å². The third-order valence-corrected chi connectivity index (χ3v) is 4.43. The molecule has 7 heteroatoms. The van der Waals surface area contributed by atoms with Crippen molar-refractivity contribution in [3.8, 4) is 0 Å². The van der Waals surface area contributed by atoms with Gasteiger partial charge >= 0.3 is 5.97 Å². The van der Waals surface area contributed by atoms with Gasteiger partial charge in [-0.3, -0.25) is 10.2 Å². The van der Waals surface area contributed by atoms with E-state index in [2.05, 4.69) is 4.99 Å². The van der Waals surface area contributed by atoms with Gasteiger partial charge in [-0.15, -0.1) is 0 Å². The van der Waals surface area contributed by atoms with Crippen molar-refractivity contribution in [3.63, 3.8) is 0 Å². The first-order valence-electron chi connectivity index (χ1n) is 8.67. The minimum atomic E-state index is -0.627. The summed E-state index contributed by atoms with van der Waals surface area (Å²) < 4.78 is 5.33. The van der Waals surface area contributed by atoms with Gasteiger partial charge < -0.3 is 4.74 Å². The molecule has 2 aromatic carbocycles. The van der Waals surface area contributed by atoms with Crippen molar-refractivity contribution in [1.29, 1.82) is 0 Å². The number of hydrogen-bond donors (Lipinski definition) is 1. The van der Waals surface area contributed by atoms with E-state index in [-0.39, 0.29) is 6.54 Å². The van der Waals surface area contributed by atoms with Crippen LogP contribution in [0, 0.1) is 0 Å². The Labute approximate surface area is 173 Å². The van der Waals surface area contributed by atoms with Crippen molar-refractivity contribution in [1.82, 2.24) is 5.06 Å². The number of hydrogen-bond acceptors (Lipinski definition) is 5. The summed E-state index contributed by atoms with van der Waals surface area (Å²) in [7, 11) is 0. The van der Waals surface area contributed by atoms with E-state index in [9.17, 15) is 10.0 Å². The summed E-state index contributed by atoms with van der Waals surface area (Å²) in [6.45, 7) is 5.33. The van der Waals surface area contributed by atoms with E-state index >= 15 is 0 Å². The van der Waals surface area contributed by atoms with Crippen LogP contribution in [0.5, 0.6) is 0 Å². The minimum absolute atomic E-state index is 0.0217. The van der Waals surface area contributed by atoms with Crippen molar-refractivity contribution in [2.75, 3.05) is 6.54 Å². The molecule has 0 fully saturated rings. The molecule has 1 heterocycles. The highest BCUT2D eigenvalue weighted by atomic mass is 35.5. The average Bonchev–Trinajstić information content (AvgIpc) is 2.69. The lowest BCUT2D eigenvalue weighted by atomic mass is 10.1. The van der Waals surface area contributed by atoms with Crippen molar-refractivity contribution in [2.45, 2.75) is 26.4 Å². The lowest BCUT2D eigenvalue weighted by molar-refractivity contribution is -0.148. The Bertz CT molecular complexity index is 1070. The van der Waals surface area contributed by atoms with Crippen LogP contribution < -0.4 is 10.6 Å². The number of rotatable bonds is 2. The van der Waals surface area contributed by atoms with E-state index in [0.29, 0.717) is 37.6 Å². The molecule has 0 saturated heterocycles. The van der Waals surface area contributed by atoms with Gasteiger partial charge in [0.15, 0.2) is 0 Å². The molecule has 0 amide bonds. The lowest BCUT2D eigenvalue weighted by Crippen LogP contribution is -2.31. The highest BCUT2D eigenvalue weighted by molar-refractivity contribution is 6.32. The van der Waals surface area contributed by atoms with E-state index in [1.165, 1.54) is 6.08 Å². The van der Waals surface area contributed by atoms with Gasteiger partial charge in [0.05, 0.1) is 23.3 Å². The zero-order chi connectivity index (χ0) is 20.5. The maximum Gasteiger partial charge on any atom is 0.333 e. The molecule has 0 atom stereocenters. The second-order valence-corrected chi connectivity index (χ2v) is 8.17. The molecule has 0 aliphatic carbocycles. The van der Waals surface area contributed by atoms with Crippen molar-refractivity contribution in [2.24, 2.45) is 4.99 Å². The fourth-order valence-electron chi connectivity index (χ4n) is 2.84. The molecule has 2 aromatic rings. The van der Waals surface area contributed by atoms with Crippen LogP contribution in [0.15, 0.2) is 59.2 Å². The Morgan fingerprint density at radius 3 is 2.61 bits per heavy atom. The molecule has 0 spiro atoms. The summed E-state index contributed by atoms with van der Waals surface area (Å²) in [6, 6.07) is 12.3. The molecule has 1 N–H and O–H groups in total. The van der Waals surface area contributed by atoms with E-state index in [1.807, 2.05) is 12.1 Å². The topological polar surface area (TPSA) is 62.1 Å². The Balaban J connectivity index is 2.21. The highest BCUT2D eigenvalue weighted by Gasteiger charge is 2.21. The first-order chi connectivity index (χ1) is 13.1. The molecule has 5 nitrogen and oxygen atoms in total. The summed E-state index contributed by atoms with van der Waals surface area (Å²) in [5.74, 6) is -0.531. The predicted octanol–water partition coefficient (Wildman–Crippen LogP) is 3.70. The average molecular weight is 419 g/mol. The van der Waals surface area contributed by atoms with Crippen LogP contribution in [0.2, 0.25) is 10.0 Å². The molecule has 1 aliphatic heterocycles. The first kappa shape index (κ1) is 20.4. The fraction of sp³-hybridized carbons (Fsp3) is 0.238. The van der Waals surface area contributed by atoms with Crippen LogP contribution in [0.25, 0.3) is 5.70 Å². The number of benzene rings is 2. The zero-order valence-electron chi connectivity index (χ0n) is 15.7. The predicted molar refractivity (Wildman–Crippen MR) is 109 cm³/mol. The fourth-order valence-corrected chi connectivity index (χ4v) is 3.24. The summed E-state index contributed by atoms with van der Waals surface area (Å²) in [5.41, 5.74) is 0.809. The normalized spacial score (nSPS) is 15.7. The molecular formula is C21H20Cl2N2O3. The number of nitrogens with zero attached hydrogens (tertiary/aromatic N) is 2. The largest absolute Gasteiger partial charge is 0.457 e. The van der Waals surface area contributed by atoms with Gasteiger partial charge in [-0.25, -0.2) is 9.86 Å². The molecule has 3 rings (SSSR count). The molecule has 28 heavy (non-hydrogen) atoms. The Morgan fingerprint density at radius 2 is 1.93 bits per heavy atom. The molecular weight excluding hydrogens is 399 g/mol. The number of fused-ring (bicyclic) bond motifs is 1. The SMILES string of the molecule is CC(C)(C)OC(=O)/C=C1/CN(O)C(c2ccccc2Cl)=c2cc(Cl)ccc2=N1.